The fourth-order valence-electron chi connectivity index (χ4n) is 0. The van der Waals surface area contributed by atoms with Gasteiger partial charge in [-0.15, -0.1) is 0 Å². The van der Waals surface area contributed by atoms with E-state index in [1.165, 1.54) is 0 Å². The normalized spacial score (nSPS) is 4.80. The Morgan fingerprint density at radius 3 is 1.30 bits per heavy atom. The van der Waals surface area contributed by atoms with Crippen molar-refractivity contribution in [2.24, 2.45) is 11.5 Å². The third kappa shape index (κ3) is 71.6. The molecule has 0 fully saturated rings. The van der Waals surface area contributed by atoms with Crippen LogP contribution in [0.5, 0.6) is 0 Å². The predicted molar refractivity (Wildman–Crippen MR) is 35.1 cm³/mol. The van der Waals surface area contributed by atoms with Gasteiger partial charge in [0.05, 0.1) is 5.09 Å². The largest absolute Gasteiger partial charge is 0.369 e. The van der Waals surface area contributed by atoms with Crippen LogP contribution in [0.4, 0.5) is 4.79 Å². The molecule has 0 rings (SSSR count). The molecule has 11 N–H and O–H groups in total. The first-order valence-electron chi connectivity index (χ1n) is 1.33. The van der Waals surface area contributed by atoms with Crippen molar-refractivity contribution in [3.63, 3.8) is 0 Å². The van der Waals surface area contributed by atoms with E-state index in [4.69, 9.17) is 20.1 Å². The van der Waals surface area contributed by atoms with Gasteiger partial charge in [-0.05, 0) is 0 Å². The Morgan fingerprint density at radius 1 is 1.30 bits per heavy atom. The number of quaternary nitrogens is 1. The van der Waals surface area contributed by atoms with Gasteiger partial charge in [-0.1, -0.05) is 0 Å². The van der Waals surface area contributed by atoms with E-state index in [2.05, 4.69) is 11.5 Å². The first-order valence-corrected chi connectivity index (χ1v) is 1.33. The standard InChI is InChI=1S/CH4N2O.NO3.2H3N/c2*2-1(3)4;;/h(H4,2,3,4);;2*1H3/q;-1;;/p+1. The van der Waals surface area contributed by atoms with E-state index in [0.717, 1.165) is 0 Å². The van der Waals surface area contributed by atoms with Crippen LogP contribution < -0.4 is 23.8 Å². The van der Waals surface area contributed by atoms with Crippen LogP contribution in [0.2, 0.25) is 0 Å². The molecule has 64 valence electrons. The second kappa shape index (κ2) is 15.7. The number of primary amides is 2. The molecule has 2 amide bonds. The van der Waals surface area contributed by atoms with E-state index in [9.17, 15) is 0 Å². The summed E-state index contributed by atoms with van der Waals surface area (Å²) in [6, 6.07) is -0.833. The summed E-state index contributed by atoms with van der Waals surface area (Å²) in [6.07, 6.45) is 0. The van der Waals surface area contributed by atoms with Gasteiger partial charge in [0.2, 0.25) is 0 Å². The molecule has 0 aromatic heterocycles. The number of rotatable bonds is 0. The summed E-state index contributed by atoms with van der Waals surface area (Å²) >= 11 is 0. The van der Waals surface area contributed by atoms with Crippen molar-refractivity contribution >= 4 is 6.03 Å². The van der Waals surface area contributed by atoms with Crippen LogP contribution in [0.3, 0.4) is 0 Å². The van der Waals surface area contributed by atoms with Crippen molar-refractivity contribution in [2.45, 2.75) is 0 Å². The highest BCUT2D eigenvalue weighted by Gasteiger charge is 1.60. The summed E-state index contributed by atoms with van der Waals surface area (Å²) in [7, 11) is 0. The van der Waals surface area contributed by atoms with Crippen molar-refractivity contribution in [3.05, 3.63) is 15.3 Å². The molecule has 0 saturated heterocycles. The molecule has 0 aliphatic carbocycles. The molecule has 0 aliphatic rings. The lowest BCUT2D eigenvalue weighted by Gasteiger charge is -1.74. The number of amides is 2. The molecule has 0 bridgehead atoms. The van der Waals surface area contributed by atoms with Crippen molar-refractivity contribution in [3.8, 4) is 0 Å². The van der Waals surface area contributed by atoms with Gasteiger partial charge in [-0.25, -0.2) is 4.79 Å². The fourth-order valence-corrected chi connectivity index (χ4v) is 0. The van der Waals surface area contributed by atoms with Gasteiger partial charge in [-0.2, -0.15) is 0 Å². The lowest BCUT2D eigenvalue weighted by molar-refractivity contribution is -0.402. The molecule has 9 heteroatoms. The van der Waals surface area contributed by atoms with Crippen LogP contribution in [0, 0.1) is 15.3 Å². The Balaban J connectivity index is -0.0000000300. The van der Waals surface area contributed by atoms with E-state index in [-0.39, 0.29) is 12.3 Å². The minimum absolute atomic E-state index is 0. The van der Waals surface area contributed by atoms with Gasteiger partial charge in [-0.3, -0.25) is 0 Å². The molecule has 0 spiro atoms. The minimum atomic E-state index is -1.75. The van der Waals surface area contributed by atoms with Crippen molar-refractivity contribution < 1.29 is 9.88 Å². The quantitative estimate of drug-likeness (QED) is 0.265. The summed E-state index contributed by atoms with van der Waals surface area (Å²) in [6.45, 7) is 0. The first-order chi connectivity index (χ1) is 3.46. The summed E-state index contributed by atoms with van der Waals surface area (Å²) in [5, 5.41) is 14.8. The molecule has 0 heterocycles. The van der Waals surface area contributed by atoms with Gasteiger partial charge in [0.25, 0.3) is 0 Å². The molecule has 9 nitrogen and oxygen atoms in total. The molecule has 0 aliphatic heterocycles. The summed E-state index contributed by atoms with van der Waals surface area (Å²) in [4.78, 5) is 17.2. The molecule has 0 saturated carbocycles. The van der Waals surface area contributed by atoms with Gasteiger partial charge < -0.3 is 39.1 Å². The Bertz CT molecular complexity index is 71.6. The Morgan fingerprint density at radius 2 is 1.30 bits per heavy atom. The monoisotopic (exact) mass is 157 g/mol. The Kier molecular flexibility index (Phi) is 37.2. The lowest BCUT2D eigenvalue weighted by atomic mass is 11.2. The van der Waals surface area contributed by atoms with E-state index in [1.807, 2.05) is 0 Å². The van der Waals surface area contributed by atoms with E-state index >= 15 is 0 Å². The number of hydrogen-bond acceptors (Lipinski definition) is 5. The average Bonchev–Trinajstić information content (AvgIpc) is 1.25. The highest BCUT2D eigenvalue weighted by Crippen LogP contribution is 1.44. The number of hydrogen-bond donors (Lipinski definition) is 4. The third-order valence-corrected chi connectivity index (χ3v) is 0. The van der Waals surface area contributed by atoms with Crippen LogP contribution in [-0.2, 0) is 0 Å². The van der Waals surface area contributed by atoms with Crippen LogP contribution in [0.15, 0.2) is 0 Å². The first kappa shape index (κ1) is 23.8. The van der Waals surface area contributed by atoms with Crippen molar-refractivity contribution in [2.75, 3.05) is 0 Å². The fraction of sp³-hybridized carbons (Fsp3) is 0. The van der Waals surface area contributed by atoms with Crippen LogP contribution in [-0.4, -0.2) is 11.1 Å². The third-order valence-electron chi connectivity index (χ3n) is 0. The topological polar surface area (TPSA) is 207 Å². The summed E-state index contributed by atoms with van der Waals surface area (Å²) in [5.41, 5.74) is 8.50. The predicted octanol–water partition coefficient (Wildman–Crippen LogP) is -0.677. The summed E-state index contributed by atoms with van der Waals surface area (Å²) < 4.78 is 0. The SMILES string of the molecule is N.NC(N)=O.O=[N+]([O-])[O-].[NH4+]. The molecular weight excluding hydrogens is 146 g/mol. The molecule has 0 unspecified atom stereocenters. The number of carbonyl (C=O) groups is 1. The number of urea groups is 1. The van der Waals surface area contributed by atoms with E-state index in [1.54, 1.807) is 0 Å². The maximum atomic E-state index is 9.00. The van der Waals surface area contributed by atoms with Crippen LogP contribution in [0.25, 0.3) is 0 Å². The highest BCUT2D eigenvalue weighted by atomic mass is 16.9. The van der Waals surface area contributed by atoms with E-state index < -0.39 is 11.1 Å². The van der Waals surface area contributed by atoms with Crippen LogP contribution in [0.1, 0.15) is 0 Å². The zero-order valence-electron chi connectivity index (χ0n) is 5.44. The highest BCUT2D eigenvalue weighted by molar-refractivity contribution is 5.69. The Hall–Kier alpha value is -1.61. The zero-order valence-corrected chi connectivity index (χ0v) is 5.44. The van der Waals surface area contributed by atoms with Gasteiger partial charge >= 0.3 is 6.03 Å². The van der Waals surface area contributed by atoms with Crippen LogP contribution >= 0.6 is 0 Å². The molecule has 0 aromatic rings. The number of carbonyl (C=O) groups excluding carboxylic acids is 1. The minimum Gasteiger partial charge on any atom is -0.369 e. The number of nitrogens with zero attached hydrogens (tertiary/aromatic N) is 1. The van der Waals surface area contributed by atoms with Gasteiger partial charge in [0.15, 0.2) is 0 Å². The maximum Gasteiger partial charge on any atom is 0.309 e. The molecule has 0 aromatic carbocycles. The number of nitrogens with two attached hydrogens (primary N) is 2. The van der Waals surface area contributed by atoms with Crippen molar-refractivity contribution in [1.29, 1.82) is 0 Å². The average molecular weight is 157 g/mol. The molecular formula is CH11N5O4. The molecule has 10 heavy (non-hydrogen) atoms. The van der Waals surface area contributed by atoms with E-state index in [0.29, 0.717) is 0 Å². The molecule has 0 atom stereocenters. The second-order valence-corrected chi connectivity index (χ2v) is 0.626. The smallest absolute Gasteiger partial charge is 0.309 e. The van der Waals surface area contributed by atoms with Crippen molar-refractivity contribution in [1.82, 2.24) is 12.3 Å². The lowest BCUT2D eigenvalue weighted by Crippen LogP contribution is -2.18. The zero-order chi connectivity index (χ0) is 7.15. The second-order valence-electron chi connectivity index (χ2n) is 0.626. The molecule has 0 radical (unpaired) electrons. The summed E-state index contributed by atoms with van der Waals surface area (Å²) in [5.74, 6) is 0. The maximum absolute atomic E-state index is 9.00. The Labute approximate surface area is 56.3 Å². The van der Waals surface area contributed by atoms with Gasteiger partial charge in [0.1, 0.15) is 0 Å². The van der Waals surface area contributed by atoms with Gasteiger partial charge in [0, 0.05) is 0 Å².